The van der Waals surface area contributed by atoms with Crippen LogP contribution in [0.15, 0.2) is 24.3 Å². The zero-order valence-electron chi connectivity index (χ0n) is 13.1. The summed E-state index contributed by atoms with van der Waals surface area (Å²) in [6.45, 7) is 6.85. The molecule has 0 unspecified atom stereocenters. The molecule has 1 N–H and O–H groups in total. The van der Waals surface area contributed by atoms with E-state index in [1.165, 1.54) is 5.69 Å². The van der Waals surface area contributed by atoms with E-state index in [1.807, 2.05) is 12.1 Å². The summed E-state index contributed by atoms with van der Waals surface area (Å²) >= 11 is 0. The largest absolute Gasteiger partial charge is 0.378 e. The number of hydrogen-bond acceptors (Lipinski definition) is 4. The molecule has 2 saturated heterocycles. The van der Waals surface area contributed by atoms with Gasteiger partial charge in [-0.05, 0) is 31.3 Å². The van der Waals surface area contributed by atoms with Gasteiger partial charge < -0.3 is 24.8 Å². The molecule has 2 aliphatic rings. The first-order chi connectivity index (χ1) is 10.7. The van der Waals surface area contributed by atoms with Crippen LogP contribution in [0.5, 0.6) is 0 Å². The molecule has 2 heterocycles. The zero-order chi connectivity index (χ0) is 15.4. The lowest BCUT2D eigenvalue weighted by Gasteiger charge is -2.34. The number of hydrogen-bond donors (Lipinski definition) is 1. The van der Waals surface area contributed by atoms with Crippen LogP contribution in [-0.4, -0.2) is 75.4 Å². The number of likely N-dealkylation sites (N-methyl/N-ethyl adjacent to an activating group) is 1. The van der Waals surface area contributed by atoms with E-state index in [2.05, 4.69) is 34.3 Å². The van der Waals surface area contributed by atoms with Crippen molar-refractivity contribution in [2.24, 2.45) is 0 Å². The zero-order valence-corrected chi connectivity index (χ0v) is 13.1. The molecule has 0 aromatic heterocycles. The molecule has 22 heavy (non-hydrogen) atoms. The molecular formula is C16H24N4O2. The number of nitrogens with one attached hydrogen (secondary N) is 1. The van der Waals surface area contributed by atoms with Gasteiger partial charge in [-0.15, -0.1) is 0 Å². The number of benzene rings is 1. The Bertz CT molecular complexity index is 491. The Morgan fingerprint density at radius 1 is 1.00 bits per heavy atom. The molecule has 2 fully saturated rings. The van der Waals surface area contributed by atoms with Gasteiger partial charge in [-0.1, -0.05) is 0 Å². The summed E-state index contributed by atoms with van der Waals surface area (Å²) in [5.74, 6) is 0. The number of urea groups is 1. The van der Waals surface area contributed by atoms with Crippen LogP contribution in [0.4, 0.5) is 16.2 Å². The molecule has 0 aliphatic carbocycles. The molecule has 0 bridgehead atoms. The predicted octanol–water partition coefficient (Wildman–Crippen LogP) is 1.30. The maximum Gasteiger partial charge on any atom is 0.321 e. The van der Waals surface area contributed by atoms with E-state index in [0.29, 0.717) is 26.3 Å². The minimum absolute atomic E-state index is 0.0457. The molecule has 0 saturated carbocycles. The Morgan fingerprint density at radius 2 is 1.64 bits per heavy atom. The van der Waals surface area contributed by atoms with E-state index < -0.39 is 0 Å². The molecule has 6 heteroatoms. The Labute approximate surface area is 131 Å². The highest BCUT2D eigenvalue weighted by atomic mass is 16.5. The fourth-order valence-electron chi connectivity index (χ4n) is 2.79. The number of ether oxygens (including phenoxy) is 1. The van der Waals surface area contributed by atoms with Gasteiger partial charge >= 0.3 is 6.03 Å². The van der Waals surface area contributed by atoms with Crippen LogP contribution in [-0.2, 0) is 4.74 Å². The average molecular weight is 304 g/mol. The number of morpholine rings is 1. The molecular weight excluding hydrogens is 280 g/mol. The molecule has 6 nitrogen and oxygen atoms in total. The quantitative estimate of drug-likeness (QED) is 0.895. The van der Waals surface area contributed by atoms with E-state index in [4.69, 9.17) is 4.74 Å². The van der Waals surface area contributed by atoms with Crippen molar-refractivity contribution >= 4 is 17.4 Å². The van der Waals surface area contributed by atoms with Gasteiger partial charge in [0, 0.05) is 50.6 Å². The summed E-state index contributed by atoms with van der Waals surface area (Å²) in [6, 6.07) is 8.08. The van der Waals surface area contributed by atoms with Crippen molar-refractivity contribution in [3.8, 4) is 0 Å². The third kappa shape index (κ3) is 3.69. The van der Waals surface area contributed by atoms with Crippen molar-refractivity contribution in [3.63, 3.8) is 0 Å². The third-order valence-corrected chi connectivity index (χ3v) is 4.29. The van der Waals surface area contributed by atoms with Crippen molar-refractivity contribution in [1.29, 1.82) is 0 Å². The Balaban J connectivity index is 1.56. The summed E-state index contributed by atoms with van der Waals surface area (Å²) in [5.41, 5.74) is 2.06. The normalized spacial score (nSPS) is 20.0. The number of carbonyl (C=O) groups is 1. The number of piperazine rings is 1. The highest BCUT2D eigenvalue weighted by Crippen LogP contribution is 2.19. The van der Waals surface area contributed by atoms with E-state index in [-0.39, 0.29) is 6.03 Å². The second-order valence-electron chi connectivity index (χ2n) is 5.87. The summed E-state index contributed by atoms with van der Waals surface area (Å²) in [7, 11) is 2.15. The first-order valence-corrected chi connectivity index (χ1v) is 7.89. The number of anilines is 2. The lowest BCUT2D eigenvalue weighted by atomic mass is 10.2. The van der Waals surface area contributed by atoms with Crippen molar-refractivity contribution in [3.05, 3.63) is 24.3 Å². The van der Waals surface area contributed by atoms with Crippen LogP contribution in [0.2, 0.25) is 0 Å². The molecule has 1 aromatic rings. The molecule has 120 valence electrons. The highest BCUT2D eigenvalue weighted by Gasteiger charge is 2.17. The van der Waals surface area contributed by atoms with Gasteiger partial charge in [0.05, 0.1) is 13.2 Å². The van der Waals surface area contributed by atoms with Gasteiger partial charge in [0.2, 0.25) is 0 Å². The molecule has 2 aliphatic heterocycles. The van der Waals surface area contributed by atoms with Crippen LogP contribution in [0.1, 0.15) is 0 Å². The molecule has 3 rings (SSSR count). The van der Waals surface area contributed by atoms with Crippen molar-refractivity contribution in [2.45, 2.75) is 0 Å². The highest BCUT2D eigenvalue weighted by molar-refractivity contribution is 5.89. The monoisotopic (exact) mass is 304 g/mol. The van der Waals surface area contributed by atoms with Gasteiger partial charge in [0.25, 0.3) is 0 Å². The minimum atomic E-state index is -0.0457. The number of rotatable bonds is 2. The van der Waals surface area contributed by atoms with Crippen LogP contribution in [0.3, 0.4) is 0 Å². The maximum atomic E-state index is 12.1. The first-order valence-electron chi connectivity index (χ1n) is 7.89. The van der Waals surface area contributed by atoms with Gasteiger partial charge in [-0.3, -0.25) is 0 Å². The lowest BCUT2D eigenvalue weighted by molar-refractivity contribution is 0.0564. The van der Waals surface area contributed by atoms with E-state index in [9.17, 15) is 4.79 Å². The summed E-state index contributed by atoms with van der Waals surface area (Å²) < 4.78 is 5.26. The van der Waals surface area contributed by atoms with Gasteiger partial charge in [0.15, 0.2) is 0 Å². The number of nitrogens with zero attached hydrogens (tertiary/aromatic N) is 3. The Morgan fingerprint density at radius 3 is 2.27 bits per heavy atom. The fraction of sp³-hybridized carbons (Fsp3) is 0.562. The van der Waals surface area contributed by atoms with Gasteiger partial charge in [0.1, 0.15) is 0 Å². The van der Waals surface area contributed by atoms with E-state index >= 15 is 0 Å². The van der Waals surface area contributed by atoms with Gasteiger partial charge in [-0.2, -0.15) is 0 Å². The Kier molecular flexibility index (Phi) is 4.80. The molecule has 0 spiro atoms. The average Bonchev–Trinajstić information content (AvgIpc) is 2.57. The van der Waals surface area contributed by atoms with Crippen molar-refractivity contribution in [1.82, 2.24) is 9.80 Å². The first kappa shape index (κ1) is 15.1. The van der Waals surface area contributed by atoms with Crippen LogP contribution < -0.4 is 10.2 Å². The summed E-state index contributed by atoms with van der Waals surface area (Å²) in [4.78, 5) is 18.6. The minimum Gasteiger partial charge on any atom is -0.378 e. The predicted molar refractivity (Wildman–Crippen MR) is 87.6 cm³/mol. The molecule has 1 aromatic carbocycles. The van der Waals surface area contributed by atoms with Crippen molar-refractivity contribution < 1.29 is 9.53 Å². The SMILES string of the molecule is CN1CCN(c2ccc(NC(=O)N3CCOCC3)cc2)CC1. The van der Waals surface area contributed by atoms with Crippen molar-refractivity contribution in [2.75, 3.05) is 69.7 Å². The van der Waals surface area contributed by atoms with Gasteiger partial charge in [-0.25, -0.2) is 4.79 Å². The lowest BCUT2D eigenvalue weighted by Crippen LogP contribution is -2.44. The maximum absolute atomic E-state index is 12.1. The van der Waals surface area contributed by atoms with Crippen LogP contribution >= 0.6 is 0 Å². The molecule has 0 atom stereocenters. The summed E-state index contributed by atoms with van der Waals surface area (Å²) in [6.07, 6.45) is 0. The second-order valence-corrected chi connectivity index (χ2v) is 5.87. The smallest absolute Gasteiger partial charge is 0.321 e. The number of amides is 2. The van der Waals surface area contributed by atoms with Crippen LogP contribution in [0, 0.1) is 0 Å². The summed E-state index contributed by atoms with van der Waals surface area (Å²) in [5, 5.41) is 2.95. The fourth-order valence-corrected chi connectivity index (χ4v) is 2.79. The third-order valence-electron chi connectivity index (χ3n) is 4.29. The number of carbonyl (C=O) groups excluding carboxylic acids is 1. The molecule has 2 amide bonds. The van der Waals surface area contributed by atoms with E-state index in [1.54, 1.807) is 4.90 Å². The topological polar surface area (TPSA) is 48.0 Å². The van der Waals surface area contributed by atoms with Crippen LogP contribution in [0.25, 0.3) is 0 Å². The standard InChI is InChI=1S/C16H24N4O2/c1-18-6-8-19(9-7-18)15-4-2-14(3-5-15)17-16(21)20-10-12-22-13-11-20/h2-5H,6-13H2,1H3,(H,17,21). The molecule has 0 radical (unpaired) electrons. The van der Waals surface area contributed by atoms with E-state index in [0.717, 1.165) is 31.9 Å². The second kappa shape index (κ2) is 6.98. The Hall–Kier alpha value is -1.79.